The number of hydrogen-bond donors (Lipinski definition) is 1. The van der Waals surface area contributed by atoms with Gasteiger partial charge in [0.25, 0.3) is 0 Å². The fraction of sp³-hybridized carbons (Fsp3) is 0.500. The molecule has 0 saturated heterocycles. The summed E-state index contributed by atoms with van der Waals surface area (Å²) in [5, 5.41) is 4.79. The molecular formula is C16H21N3S. The van der Waals surface area contributed by atoms with Gasteiger partial charge in [-0.3, -0.25) is 4.98 Å². The molecule has 4 heteroatoms. The first-order valence-electron chi connectivity index (χ1n) is 7.49. The Morgan fingerprint density at radius 2 is 2.20 bits per heavy atom. The predicted molar refractivity (Wildman–Crippen MR) is 83.8 cm³/mol. The number of thiazole rings is 1. The minimum absolute atomic E-state index is 0.712. The quantitative estimate of drug-likeness (QED) is 0.909. The van der Waals surface area contributed by atoms with E-state index < -0.39 is 0 Å². The van der Waals surface area contributed by atoms with Crippen LogP contribution in [-0.2, 0) is 13.0 Å². The van der Waals surface area contributed by atoms with Crippen molar-refractivity contribution in [1.82, 2.24) is 15.3 Å². The maximum Gasteiger partial charge on any atom is 0.125 e. The fourth-order valence-electron chi connectivity index (χ4n) is 2.78. The molecule has 1 N–H and O–H groups in total. The van der Waals surface area contributed by atoms with Gasteiger partial charge in [-0.2, -0.15) is 0 Å². The Bertz CT molecular complexity index is 544. The molecule has 2 aromatic heterocycles. The number of nitrogens with one attached hydrogen (secondary N) is 1. The molecule has 0 amide bonds. The summed E-state index contributed by atoms with van der Waals surface area (Å²) in [6.45, 7) is 3.15. The van der Waals surface area contributed by atoms with Crippen LogP contribution < -0.4 is 5.32 Å². The Hall–Kier alpha value is -1.26. The summed E-state index contributed by atoms with van der Waals surface area (Å²) in [5.74, 6) is 0. The first kappa shape index (κ1) is 13.7. The highest BCUT2D eigenvalue weighted by Crippen LogP contribution is 2.28. The van der Waals surface area contributed by atoms with Crippen LogP contribution in [0.25, 0.3) is 10.6 Å². The second-order valence-corrected chi connectivity index (χ2v) is 6.43. The maximum atomic E-state index is 4.78. The van der Waals surface area contributed by atoms with Crippen molar-refractivity contribution >= 4 is 11.3 Å². The lowest BCUT2D eigenvalue weighted by molar-refractivity contribution is 0.525. The van der Waals surface area contributed by atoms with Gasteiger partial charge in [-0.25, -0.2) is 4.98 Å². The van der Waals surface area contributed by atoms with Crippen LogP contribution in [0.15, 0.2) is 24.5 Å². The number of aromatic nitrogens is 2. The summed E-state index contributed by atoms with van der Waals surface area (Å²) in [4.78, 5) is 10.4. The Balaban J connectivity index is 1.74. The summed E-state index contributed by atoms with van der Waals surface area (Å²) in [5.41, 5.74) is 2.36. The van der Waals surface area contributed by atoms with Gasteiger partial charge in [0.15, 0.2) is 0 Å². The number of rotatable bonds is 5. The SMILES string of the molecule is CCc1nc(-c2cccnc2)sc1CNC1CCCC1. The maximum absolute atomic E-state index is 4.78. The highest BCUT2D eigenvalue weighted by molar-refractivity contribution is 7.15. The predicted octanol–water partition coefficient (Wildman–Crippen LogP) is 3.80. The zero-order chi connectivity index (χ0) is 13.8. The molecule has 3 rings (SSSR count). The largest absolute Gasteiger partial charge is 0.309 e. The van der Waals surface area contributed by atoms with Gasteiger partial charge in [0.1, 0.15) is 5.01 Å². The summed E-state index contributed by atoms with van der Waals surface area (Å²) < 4.78 is 0. The van der Waals surface area contributed by atoms with E-state index >= 15 is 0 Å². The zero-order valence-electron chi connectivity index (χ0n) is 11.9. The van der Waals surface area contributed by atoms with E-state index in [0.29, 0.717) is 6.04 Å². The van der Waals surface area contributed by atoms with Crippen molar-refractivity contribution in [3.05, 3.63) is 35.1 Å². The van der Waals surface area contributed by atoms with E-state index in [1.807, 2.05) is 12.3 Å². The van der Waals surface area contributed by atoms with E-state index in [9.17, 15) is 0 Å². The lowest BCUT2D eigenvalue weighted by Crippen LogP contribution is -2.25. The molecular weight excluding hydrogens is 266 g/mol. The molecule has 0 atom stereocenters. The highest BCUT2D eigenvalue weighted by atomic mass is 32.1. The van der Waals surface area contributed by atoms with Crippen LogP contribution in [0.2, 0.25) is 0 Å². The molecule has 0 spiro atoms. The number of aryl methyl sites for hydroxylation is 1. The third-order valence-electron chi connectivity index (χ3n) is 3.93. The molecule has 1 aliphatic carbocycles. The van der Waals surface area contributed by atoms with Crippen molar-refractivity contribution in [1.29, 1.82) is 0 Å². The van der Waals surface area contributed by atoms with Crippen molar-refractivity contribution in [3.63, 3.8) is 0 Å². The van der Waals surface area contributed by atoms with Crippen LogP contribution in [0.5, 0.6) is 0 Å². The molecule has 106 valence electrons. The van der Waals surface area contributed by atoms with Gasteiger partial charge in [0.05, 0.1) is 5.69 Å². The smallest absolute Gasteiger partial charge is 0.125 e. The summed E-state index contributed by atoms with van der Waals surface area (Å²) in [6, 6.07) is 4.77. The Kier molecular flexibility index (Phi) is 4.43. The van der Waals surface area contributed by atoms with Gasteiger partial charge in [-0.15, -0.1) is 11.3 Å². The van der Waals surface area contributed by atoms with Crippen LogP contribution in [0.1, 0.15) is 43.2 Å². The Labute approximate surface area is 124 Å². The lowest BCUT2D eigenvalue weighted by Gasteiger charge is -2.10. The zero-order valence-corrected chi connectivity index (χ0v) is 12.7. The minimum Gasteiger partial charge on any atom is -0.309 e. The molecule has 1 saturated carbocycles. The highest BCUT2D eigenvalue weighted by Gasteiger charge is 2.16. The molecule has 1 fully saturated rings. The van der Waals surface area contributed by atoms with Crippen LogP contribution >= 0.6 is 11.3 Å². The van der Waals surface area contributed by atoms with E-state index in [1.165, 1.54) is 36.3 Å². The standard InChI is InChI=1S/C16H21N3S/c1-2-14-15(11-18-13-7-3-4-8-13)20-16(19-14)12-6-5-9-17-10-12/h5-6,9-10,13,18H,2-4,7-8,11H2,1H3. The normalized spacial score (nSPS) is 15.8. The second kappa shape index (κ2) is 6.46. The minimum atomic E-state index is 0.712. The van der Waals surface area contributed by atoms with Crippen LogP contribution in [-0.4, -0.2) is 16.0 Å². The molecule has 2 aromatic rings. The van der Waals surface area contributed by atoms with Crippen molar-refractivity contribution in [2.24, 2.45) is 0 Å². The number of nitrogens with zero attached hydrogens (tertiary/aromatic N) is 2. The molecule has 0 aliphatic heterocycles. The third-order valence-corrected chi connectivity index (χ3v) is 5.07. The third kappa shape index (κ3) is 3.07. The van der Waals surface area contributed by atoms with E-state index in [0.717, 1.165) is 23.5 Å². The Morgan fingerprint density at radius 1 is 1.35 bits per heavy atom. The van der Waals surface area contributed by atoms with Gasteiger partial charge in [-0.05, 0) is 31.4 Å². The van der Waals surface area contributed by atoms with Crippen LogP contribution in [0, 0.1) is 0 Å². The van der Waals surface area contributed by atoms with E-state index in [-0.39, 0.29) is 0 Å². The molecule has 0 aromatic carbocycles. The summed E-state index contributed by atoms with van der Waals surface area (Å²) in [6.07, 6.45) is 10.1. The average molecular weight is 287 g/mol. The summed E-state index contributed by atoms with van der Waals surface area (Å²) >= 11 is 1.81. The van der Waals surface area contributed by atoms with Gasteiger partial charge < -0.3 is 5.32 Å². The molecule has 3 nitrogen and oxygen atoms in total. The monoisotopic (exact) mass is 287 g/mol. The van der Waals surface area contributed by atoms with Gasteiger partial charge >= 0.3 is 0 Å². The molecule has 20 heavy (non-hydrogen) atoms. The molecule has 2 heterocycles. The molecule has 1 aliphatic rings. The fourth-order valence-corrected chi connectivity index (χ4v) is 3.87. The second-order valence-electron chi connectivity index (χ2n) is 5.35. The van der Waals surface area contributed by atoms with E-state index in [1.54, 1.807) is 17.5 Å². The van der Waals surface area contributed by atoms with Crippen molar-refractivity contribution < 1.29 is 0 Å². The number of pyridine rings is 1. The van der Waals surface area contributed by atoms with Gasteiger partial charge in [0.2, 0.25) is 0 Å². The van der Waals surface area contributed by atoms with Crippen molar-refractivity contribution in [2.45, 2.75) is 51.6 Å². The first-order chi connectivity index (χ1) is 9.86. The average Bonchev–Trinajstić information content (AvgIpc) is 3.15. The van der Waals surface area contributed by atoms with Crippen LogP contribution in [0.4, 0.5) is 0 Å². The van der Waals surface area contributed by atoms with E-state index in [2.05, 4.69) is 23.3 Å². The van der Waals surface area contributed by atoms with Gasteiger partial charge in [0, 0.05) is 35.4 Å². The molecule has 0 unspecified atom stereocenters. The van der Waals surface area contributed by atoms with E-state index in [4.69, 9.17) is 4.98 Å². The number of hydrogen-bond acceptors (Lipinski definition) is 4. The van der Waals surface area contributed by atoms with Crippen LogP contribution in [0.3, 0.4) is 0 Å². The summed E-state index contributed by atoms with van der Waals surface area (Å²) in [7, 11) is 0. The Morgan fingerprint density at radius 3 is 2.90 bits per heavy atom. The van der Waals surface area contributed by atoms with Gasteiger partial charge in [-0.1, -0.05) is 19.8 Å². The van der Waals surface area contributed by atoms with Crippen molar-refractivity contribution in [2.75, 3.05) is 0 Å². The van der Waals surface area contributed by atoms with Crippen molar-refractivity contribution in [3.8, 4) is 10.6 Å². The molecule has 0 radical (unpaired) electrons. The molecule has 0 bridgehead atoms. The topological polar surface area (TPSA) is 37.8 Å². The first-order valence-corrected chi connectivity index (χ1v) is 8.31. The lowest BCUT2D eigenvalue weighted by atomic mass is 10.2.